The van der Waals surface area contributed by atoms with E-state index in [2.05, 4.69) is 13.8 Å². The average molecular weight is 331 g/mol. The van der Waals surface area contributed by atoms with Crippen LogP contribution in [0.4, 0.5) is 0 Å². The Morgan fingerprint density at radius 1 is 1.38 bits per heavy atom. The van der Waals surface area contributed by atoms with Gasteiger partial charge in [-0.1, -0.05) is 13.8 Å². The van der Waals surface area contributed by atoms with Crippen molar-refractivity contribution in [1.29, 1.82) is 0 Å². The fourth-order valence-corrected chi connectivity index (χ4v) is 5.40. The van der Waals surface area contributed by atoms with E-state index >= 15 is 0 Å². The van der Waals surface area contributed by atoms with Crippen LogP contribution in [0.5, 0.6) is 0 Å². The molecule has 21 heavy (non-hydrogen) atoms. The third-order valence-electron chi connectivity index (χ3n) is 4.28. The number of hydrogen-bond acceptors (Lipinski definition) is 4. The van der Waals surface area contributed by atoms with E-state index in [1.807, 2.05) is 0 Å². The molecule has 0 saturated heterocycles. The van der Waals surface area contributed by atoms with E-state index in [4.69, 9.17) is 5.11 Å². The third kappa shape index (κ3) is 3.46. The van der Waals surface area contributed by atoms with Crippen LogP contribution in [0.15, 0.2) is 15.7 Å². The van der Waals surface area contributed by atoms with Gasteiger partial charge in [0.05, 0.1) is 5.56 Å². The highest BCUT2D eigenvalue weighted by molar-refractivity contribution is 7.91. The van der Waals surface area contributed by atoms with Crippen molar-refractivity contribution in [2.24, 2.45) is 5.41 Å². The molecule has 0 radical (unpaired) electrons. The van der Waals surface area contributed by atoms with Gasteiger partial charge in [-0.05, 0) is 37.2 Å². The maximum absolute atomic E-state index is 12.6. The summed E-state index contributed by atoms with van der Waals surface area (Å²) in [6, 6.07) is 1.24. The zero-order valence-electron chi connectivity index (χ0n) is 12.5. The molecule has 0 aliphatic heterocycles. The van der Waals surface area contributed by atoms with Crippen molar-refractivity contribution in [2.75, 3.05) is 7.05 Å². The number of carbonyl (C=O) groups is 1. The molecule has 0 bridgehead atoms. The van der Waals surface area contributed by atoms with E-state index in [1.54, 1.807) is 7.05 Å². The summed E-state index contributed by atoms with van der Waals surface area (Å²) < 4.78 is 26.7. The Bertz CT molecular complexity index is 623. The minimum absolute atomic E-state index is 0.00148. The predicted octanol–water partition coefficient (Wildman–Crippen LogP) is 3.04. The largest absolute Gasteiger partial charge is 0.478 e. The smallest absolute Gasteiger partial charge is 0.336 e. The lowest BCUT2D eigenvalue weighted by atomic mass is 9.76. The number of thiophene rings is 1. The van der Waals surface area contributed by atoms with E-state index < -0.39 is 16.0 Å². The van der Waals surface area contributed by atoms with E-state index in [9.17, 15) is 13.2 Å². The number of hydrogen-bond donors (Lipinski definition) is 1. The average Bonchev–Trinajstić information content (AvgIpc) is 2.88. The first-order valence-electron chi connectivity index (χ1n) is 6.93. The highest BCUT2D eigenvalue weighted by Crippen LogP contribution is 2.38. The summed E-state index contributed by atoms with van der Waals surface area (Å²) in [7, 11) is -2.00. The molecule has 1 fully saturated rings. The van der Waals surface area contributed by atoms with Gasteiger partial charge >= 0.3 is 5.97 Å². The topological polar surface area (TPSA) is 74.7 Å². The minimum Gasteiger partial charge on any atom is -0.478 e. The third-order valence-corrected chi connectivity index (χ3v) is 7.60. The van der Waals surface area contributed by atoms with Crippen LogP contribution in [0.3, 0.4) is 0 Å². The summed E-state index contributed by atoms with van der Waals surface area (Å²) in [5.74, 6) is -1.10. The molecule has 5 nitrogen and oxygen atoms in total. The van der Waals surface area contributed by atoms with Gasteiger partial charge in [0, 0.05) is 18.5 Å². The Morgan fingerprint density at radius 2 is 1.95 bits per heavy atom. The molecule has 1 saturated carbocycles. The van der Waals surface area contributed by atoms with Crippen LogP contribution in [-0.4, -0.2) is 36.9 Å². The Labute approximate surface area is 129 Å². The van der Waals surface area contributed by atoms with E-state index in [1.165, 1.54) is 15.8 Å². The molecule has 1 heterocycles. The molecule has 0 amide bonds. The van der Waals surface area contributed by atoms with Gasteiger partial charge < -0.3 is 5.11 Å². The van der Waals surface area contributed by atoms with Crippen LogP contribution in [0.25, 0.3) is 0 Å². The second kappa shape index (κ2) is 5.70. The molecule has 2 rings (SSSR count). The first kappa shape index (κ1) is 16.5. The Kier molecular flexibility index (Phi) is 4.46. The molecule has 0 spiro atoms. The first-order valence-corrected chi connectivity index (χ1v) is 9.25. The summed E-state index contributed by atoms with van der Waals surface area (Å²) in [5, 5.41) is 10.3. The molecule has 1 aliphatic rings. The molecule has 1 aliphatic carbocycles. The lowest BCUT2D eigenvalue weighted by Gasteiger charge is -2.37. The highest BCUT2D eigenvalue weighted by Gasteiger charge is 2.34. The molecular formula is C14H21NO4S2. The summed E-state index contributed by atoms with van der Waals surface area (Å²) in [6.45, 7) is 4.41. The molecule has 0 atom stereocenters. The van der Waals surface area contributed by atoms with Crippen molar-refractivity contribution in [3.8, 4) is 0 Å². The summed E-state index contributed by atoms with van der Waals surface area (Å²) in [4.78, 5) is 10.9. The van der Waals surface area contributed by atoms with Gasteiger partial charge in [-0.15, -0.1) is 11.3 Å². The van der Waals surface area contributed by atoms with Gasteiger partial charge in [0.1, 0.15) is 4.21 Å². The van der Waals surface area contributed by atoms with Gasteiger partial charge in [0.15, 0.2) is 0 Å². The summed E-state index contributed by atoms with van der Waals surface area (Å²) in [5.41, 5.74) is 0.303. The maximum atomic E-state index is 12.6. The van der Waals surface area contributed by atoms with Crippen molar-refractivity contribution >= 4 is 27.3 Å². The fraction of sp³-hybridized carbons (Fsp3) is 0.643. The molecule has 1 aromatic heterocycles. The molecule has 1 aromatic rings. The van der Waals surface area contributed by atoms with Crippen molar-refractivity contribution in [3.05, 3.63) is 17.0 Å². The monoisotopic (exact) mass is 331 g/mol. The van der Waals surface area contributed by atoms with Crippen LogP contribution in [0, 0.1) is 5.41 Å². The van der Waals surface area contributed by atoms with Crippen LogP contribution < -0.4 is 0 Å². The van der Waals surface area contributed by atoms with Crippen LogP contribution in [0.1, 0.15) is 49.9 Å². The molecular weight excluding hydrogens is 310 g/mol. The second-order valence-corrected chi connectivity index (χ2v) is 9.51. The Balaban J connectivity index is 2.17. The normalized spacial score (nSPS) is 19.8. The minimum atomic E-state index is -3.60. The quantitative estimate of drug-likeness (QED) is 0.920. The highest BCUT2D eigenvalue weighted by atomic mass is 32.2. The van der Waals surface area contributed by atoms with Crippen molar-refractivity contribution in [2.45, 2.75) is 49.8 Å². The van der Waals surface area contributed by atoms with Crippen LogP contribution in [-0.2, 0) is 10.0 Å². The molecule has 7 heteroatoms. The second-order valence-electron chi connectivity index (χ2n) is 6.38. The van der Waals surface area contributed by atoms with Crippen molar-refractivity contribution in [3.63, 3.8) is 0 Å². The number of sulfonamides is 1. The van der Waals surface area contributed by atoms with E-state index in [0.29, 0.717) is 0 Å². The van der Waals surface area contributed by atoms with E-state index in [-0.39, 0.29) is 21.2 Å². The van der Waals surface area contributed by atoms with Crippen LogP contribution >= 0.6 is 11.3 Å². The number of carboxylic acid groups (broad SMARTS) is 1. The molecule has 118 valence electrons. The van der Waals surface area contributed by atoms with Crippen molar-refractivity contribution < 1.29 is 18.3 Å². The standard InChI is InChI=1S/C14H21NO4S2/c1-14(2)6-4-11(5-7-14)15(3)21(18,19)12-8-10(9-20-12)13(16)17/h8-9,11H,4-7H2,1-3H3,(H,16,17). The van der Waals surface area contributed by atoms with Gasteiger partial charge in [0.2, 0.25) is 0 Å². The Morgan fingerprint density at radius 3 is 2.43 bits per heavy atom. The number of carboxylic acids is 1. The van der Waals surface area contributed by atoms with Gasteiger partial charge in [-0.2, -0.15) is 4.31 Å². The first-order chi connectivity index (χ1) is 9.63. The van der Waals surface area contributed by atoms with Gasteiger partial charge in [-0.25, -0.2) is 13.2 Å². The predicted molar refractivity (Wildman–Crippen MR) is 82.3 cm³/mol. The Hall–Kier alpha value is -0.920. The lowest BCUT2D eigenvalue weighted by Crippen LogP contribution is -2.40. The lowest BCUT2D eigenvalue weighted by molar-refractivity contribution is 0.0697. The molecule has 0 unspecified atom stereocenters. The number of rotatable bonds is 4. The van der Waals surface area contributed by atoms with Gasteiger partial charge in [-0.3, -0.25) is 0 Å². The van der Waals surface area contributed by atoms with E-state index in [0.717, 1.165) is 37.0 Å². The SMILES string of the molecule is CN(C1CCC(C)(C)CC1)S(=O)(=O)c1cc(C(=O)O)cs1. The summed E-state index contributed by atoms with van der Waals surface area (Å²) >= 11 is 0.966. The fourth-order valence-electron chi connectivity index (χ4n) is 2.65. The summed E-state index contributed by atoms with van der Waals surface area (Å²) in [6.07, 6.45) is 3.70. The van der Waals surface area contributed by atoms with Crippen molar-refractivity contribution in [1.82, 2.24) is 4.31 Å². The van der Waals surface area contributed by atoms with Crippen LogP contribution in [0.2, 0.25) is 0 Å². The molecule has 1 N–H and O–H groups in total. The number of nitrogens with zero attached hydrogens (tertiary/aromatic N) is 1. The number of aromatic carboxylic acids is 1. The maximum Gasteiger partial charge on any atom is 0.336 e. The molecule has 0 aromatic carbocycles. The zero-order chi connectivity index (χ0) is 15.8. The zero-order valence-corrected chi connectivity index (χ0v) is 14.1. The van der Waals surface area contributed by atoms with Gasteiger partial charge in [0.25, 0.3) is 10.0 Å².